The van der Waals surface area contributed by atoms with Gasteiger partial charge in [0.1, 0.15) is 0 Å². The molecule has 2 atom stereocenters. The standard InChI is InChI=1S/C30H39F5O3.C29H37F5O3/c1-3-5-7-9-11-20-37-26-18-17-25(27(31)28(26)32)22-13-15-23(16-14-22)29(36)38-21-19-24(30(33,34)35)12-10-8-6-4-2;1-3-5-7-9-11-23(29(32,33)34)18-20-37-28(35)22-14-12-21(13-15-22)24-16-17-25(27(31)26(24)30)36-19-10-8-6-4-2/h13-18,24H,3-12,19-21H2,1-2H3;12-17,23H,3-11,18-20H2,1-2H3. The Morgan fingerprint density at radius 3 is 1.04 bits per heavy atom. The molecule has 0 N–H and O–H groups in total. The van der Waals surface area contributed by atoms with Crippen LogP contribution in [0.3, 0.4) is 0 Å². The first-order valence-electron chi connectivity index (χ1n) is 26.8. The second-order valence-corrected chi connectivity index (χ2v) is 18.8. The first-order chi connectivity index (χ1) is 35.9. The van der Waals surface area contributed by atoms with E-state index in [1.54, 1.807) is 0 Å². The maximum absolute atomic E-state index is 14.7. The zero-order valence-corrected chi connectivity index (χ0v) is 44.0. The van der Waals surface area contributed by atoms with E-state index in [4.69, 9.17) is 18.9 Å². The number of halogens is 10. The Kier molecular flexibility index (Phi) is 29.4. The topological polar surface area (TPSA) is 71.1 Å². The van der Waals surface area contributed by atoms with Crippen LogP contribution in [0.15, 0.2) is 72.8 Å². The summed E-state index contributed by atoms with van der Waals surface area (Å²) in [6.45, 7) is 8.08. The molecule has 4 rings (SSSR count). The largest absolute Gasteiger partial charge is 0.490 e. The molecule has 418 valence electrons. The molecule has 0 aliphatic carbocycles. The molecule has 4 aromatic rings. The summed E-state index contributed by atoms with van der Waals surface area (Å²) < 4.78 is 159. The summed E-state index contributed by atoms with van der Waals surface area (Å²) in [4.78, 5) is 24.6. The molecule has 0 spiro atoms. The first kappa shape index (κ1) is 64.0. The Hall–Kier alpha value is -5.28. The Balaban J connectivity index is 0.000000395. The summed E-state index contributed by atoms with van der Waals surface area (Å²) in [6, 6.07) is 16.8. The van der Waals surface area contributed by atoms with Gasteiger partial charge in [-0.15, -0.1) is 0 Å². The molecule has 2 unspecified atom stereocenters. The van der Waals surface area contributed by atoms with E-state index < -0.39 is 59.4 Å². The number of ether oxygens (including phenoxy) is 4. The smallest absolute Gasteiger partial charge is 0.391 e. The van der Waals surface area contributed by atoms with E-state index in [1.165, 1.54) is 72.8 Å². The van der Waals surface area contributed by atoms with Gasteiger partial charge >= 0.3 is 24.3 Å². The molecule has 16 heteroatoms. The lowest BCUT2D eigenvalue weighted by atomic mass is 9.97. The number of unbranched alkanes of at least 4 members (excludes halogenated alkanes) is 13. The van der Waals surface area contributed by atoms with Gasteiger partial charge < -0.3 is 18.9 Å². The second-order valence-electron chi connectivity index (χ2n) is 18.8. The highest BCUT2D eigenvalue weighted by Gasteiger charge is 2.39. The monoisotopic (exact) mass is 1070 g/mol. The van der Waals surface area contributed by atoms with Crippen molar-refractivity contribution < 1.29 is 72.4 Å². The lowest BCUT2D eigenvalue weighted by Crippen LogP contribution is -2.25. The Morgan fingerprint density at radius 1 is 0.387 bits per heavy atom. The van der Waals surface area contributed by atoms with Crippen molar-refractivity contribution in [3.63, 3.8) is 0 Å². The molecule has 6 nitrogen and oxygen atoms in total. The summed E-state index contributed by atoms with van der Waals surface area (Å²) in [6.07, 6.45) is 5.75. The molecule has 0 saturated carbocycles. The van der Waals surface area contributed by atoms with Gasteiger partial charge in [0.05, 0.1) is 49.4 Å². The van der Waals surface area contributed by atoms with E-state index in [9.17, 15) is 53.5 Å². The maximum atomic E-state index is 14.7. The Bertz CT molecular complexity index is 2250. The fraction of sp³-hybridized carbons (Fsp3) is 0.559. The van der Waals surface area contributed by atoms with Crippen molar-refractivity contribution in [2.45, 2.75) is 175 Å². The zero-order chi connectivity index (χ0) is 55.2. The third kappa shape index (κ3) is 22.8. The van der Waals surface area contributed by atoms with Crippen molar-refractivity contribution in [2.24, 2.45) is 11.8 Å². The van der Waals surface area contributed by atoms with E-state index in [0.29, 0.717) is 37.2 Å². The third-order valence-electron chi connectivity index (χ3n) is 12.9. The van der Waals surface area contributed by atoms with Gasteiger partial charge in [-0.25, -0.2) is 18.4 Å². The van der Waals surface area contributed by atoms with Crippen LogP contribution >= 0.6 is 0 Å². The molecule has 0 aliphatic heterocycles. The number of esters is 2. The SMILES string of the molecule is CCCCCCCOc1ccc(-c2ccc(C(=O)OCCC(CCCCCC)C(F)(F)F)cc2)c(F)c1F.CCCCCCOc1ccc(-c2ccc(C(=O)OCCC(CCCCCC)C(F)(F)F)cc2)c(F)c1F. The van der Waals surface area contributed by atoms with Crippen LogP contribution < -0.4 is 9.47 Å². The molecular formula is C59H76F10O6. The summed E-state index contributed by atoms with van der Waals surface area (Å²) >= 11 is 0. The average Bonchev–Trinajstić information content (AvgIpc) is 3.38. The predicted octanol–water partition coefficient (Wildman–Crippen LogP) is 19.0. The third-order valence-corrected chi connectivity index (χ3v) is 12.9. The van der Waals surface area contributed by atoms with Crippen molar-refractivity contribution in [1.29, 1.82) is 0 Å². The highest BCUT2D eigenvalue weighted by atomic mass is 19.4. The number of hydrogen-bond donors (Lipinski definition) is 0. The summed E-state index contributed by atoms with van der Waals surface area (Å²) in [5.74, 6) is -9.13. The van der Waals surface area contributed by atoms with Crippen molar-refractivity contribution in [1.82, 2.24) is 0 Å². The Morgan fingerprint density at radius 2 is 0.707 bits per heavy atom. The number of hydrogen-bond acceptors (Lipinski definition) is 6. The lowest BCUT2D eigenvalue weighted by Gasteiger charge is -2.20. The molecule has 0 amide bonds. The average molecular weight is 1070 g/mol. The molecule has 0 bridgehead atoms. The zero-order valence-electron chi connectivity index (χ0n) is 44.0. The minimum Gasteiger partial charge on any atom is -0.490 e. The minimum atomic E-state index is -4.34. The number of benzene rings is 4. The highest BCUT2D eigenvalue weighted by Crippen LogP contribution is 2.36. The van der Waals surface area contributed by atoms with E-state index in [2.05, 4.69) is 13.8 Å². The first-order valence-corrected chi connectivity index (χ1v) is 26.8. The van der Waals surface area contributed by atoms with Crippen LogP contribution in [0, 0.1) is 35.1 Å². The predicted molar refractivity (Wildman–Crippen MR) is 274 cm³/mol. The Labute approximate surface area is 437 Å². The van der Waals surface area contributed by atoms with Gasteiger partial charge in [0.15, 0.2) is 23.1 Å². The van der Waals surface area contributed by atoms with Crippen molar-refractivity contribution in [3.8, 4) is 33.8 Å². The van der Waals surface area contributed by atoms with Gasteiger partial charge in [-0.1, -0.05) is 148 Å². The van der Waals surface area contributed by atoms with Crippen molar-refractivity contribution in [3.05, 3.63) is 107 Å². The van der Waals surface area contributed by atoms with Gasteiger partial charge in [0.2, 0.25) is 11.6 Å². The van der Waals surface area contributed by atoms with E-state index in [-0.39, 0.29) is 72.6 Å². The van der Waals surface area contributed by atoms with Gasteiger partial charge in [0, 0.05) is 11.1 Å². The molecule has 0 aromatic heterocycles. The highest BCUT2D eigenvalue weighted by molar-refractivity contribution is 5.90. The van der Waals surface area contributed by atoms with Crippen molar-refractivity contribution >= 4 is 11.9 Å². The summed E-state index contributed by atoms with van der Waals surface area (Å²) in [5.41, 5.74) is 0.924. The van der Waals surface area contributed by atoms with Crippen molar-refractivity contribution in [2.75, 3.05) is 26.4 Å². The minimum absolute atomic E-state index is 0.00634. The molecule has 0 fully saturated rings. The fourth-order valence-electron chi connectivity index (χ4n) is 8.24. The maximum Gasteiger partial charge on any atom is 0.391 e. The number of carbonyl (C=O) groups excluding carboxylic acids is 2. The van der Waals surface area contributed by atoms with Gasteiger partial charge in [-0.05, 0) is 98.2 Å². The lowest BCUT2D eigenvalue weighted by molar-refractivity contribution is -0.181. The van der Waals surface area contributed by atoms with Crippen LogP contribution in [0.1, 0.15) is 183 Å². The van der Waals surface area contributed by atoms with Crippen LogP contribution in [0.4, 0.5) is 43.9 Å². The quantitative estimate of drug-likeness (QED) is 0.0269. The molecule has 4 aromatic carbocycles. The molecular weight excluding hydrogens is 995 g/mol. The number of alkyl halides is 6. The molecule has 75 heavy (non-hydrogen) atoms. The van der Waals surface area contributed by atoms with E-state index in [0.717, 1.165) is 96.3 Å². The van der Waals surface area contributed by atoms with E-state index >= 15 is 0 Å². The van der Waals surface area contributed by atoms with Gasteiger partial charge in [-0.3, -0.25) is 0 Å². The second kappa shape index (κ2) is 34.4. The van der Waals surface area contributed by atoms with Crippen LogP contribution in [0.25, 0.3) is 22.3 Å². The van der Waals surface area contributed by atoms with Gasteiger partial charge in [-0.2, -0.15) is 35.1 Å². The van der Waals surface area contributed by atoms with Crippen LogP contribution in [-0.4, -0.2) is 50.7 Å². The molecule has 0 aliphatic rings. The molecule has 0 radical (unpaired) electrons. The summed E-state index contributed by atoms with van der Waals surface area (Å²) in [5, 5.41) is 0. The normalized spacial score (nSPS) is 12.4. The van der Waals surface area contributed by atoms with E-state index in [1.807, 2.05) is 13.8 Å². The summed E-state index contributed by atoms with van der Waals surface area (Å²) in [7, 11) is 0. The van der Waals surface area contributed by atoms with Crippen LogP contribution in [0.2, 0.25) is 0 Å². The fourth-order valence-corrected chi connectivity index (χ4v) is 8.24. The van der Waals surface area contributed by atoms with Gasteiger partial charge in [0.25, 0.3) is 0 Å². The van der Waals surface area contributed by atoms with Crippen LogP contribution in [0.5, 0.6) is 11.5 Å². The number of rotatable bonds is 33. The van der Waals surface area contributed by atoms with Crippen LogP contribution in [-0.2, 0) is 9.47 Å². The molecule has 0 saturated heterocycles. The number of carbonyl (C=O) groups is 2. The molecule has 0 heterocycles.